The number of nitrogens with zero attached hydrogens (tertiary/aromatic N) is 1. The summed E-state index contributed by atoms with van der Waals surface area (Å²) in [6.07, 6.45) is 1.62. The summed E-state index contributed by atoms with van der Waals surface area (Å²) in [6, 6.07) is 1.12. The molecule has 1 fully saturated rings. The van der Waals surface area contributed by atoms with E-state index >= 15 is 0 Å². The molecule has 0 radical (unpaired) electrons. The van der Waals surface area contributed by atoms with Crippen molar-refractivity contribution in [1.82, 2.24) is 4.98 Å². The van der Waals surface area contributed by atoms with Crippen LogP contribution in [0.2, 0.25) is 5.02 Å². The van der Waals surface area contributed by atoms with Gasteiger partial charge in [-0.25, -0.2) is 9.37 Å². The zero-order valence-corrected chi connectivity index (χ0v) is 12.7. The first-order valence-corrected chi connectivity index (χ1v) is 6.81. The van der Waals surface area contributed by atoms with Crippen LogP contribution in [-0.4, -0.2) is 22.1 Å². The molecule has 2 heterocycles. The minimum Gasteiger partial charge on any atom is -0.369 e. The van der Waals surface area contributed by atoms with Gasteiger partial charge in [-0.05, 0) is 40.2 Å². The van der Waals surface area contributed by atoms with Gasteiger partial charge in [0.2, 0.25) is 5.91 Å². The van der Waals surface area contributed by atoms with Gasteiger partial charge in [0.1, 0.15) is 5.82 Å². The molecular formula is C14H18ClFN2O2. The lowest BCUT2D eigenvalue weighted by atomic mass is 9.86. The molecule has 2 rings (SSSR count). The van der Waals surface area contributed by atoms with E-state index in [9.17, 15) is 9.18 Å². The van der Waals surface area contributed by atoms with Gasteiger partial charge in [0.15, 0.2) is 5.82 Å². The van der Waals surface area contributed by atoms with Gasteiger partial charge in [0.25, 0.3) is 0 Å². The third-order valence-electron chi connectivity index (χ3n) is 3.44. The smallest absolute Gasteiger partial charge is 0.231 e. The zero-order valence-electron chi connectivity index (χ0n) is 12.0. The lowest BCUT2D eigenvalue weighted by Gasteiger charge is -2.26. The number of halogens is 2. The van der Waals surface area contributed by atoms with Crippen LogP contribution < -0.4 is 5.32 Å². The summed E-state index contributed by atoms with van der Waals surface area (Å²) in [5.41, 5.74) is -0.925. The summed E-state index contributed by atoms with van der Waals surface area (Å²) in [4.78, 5) is 16.2. The second-order valence-corrected chi connectivity index (χ2v) is 6.60. The van der Waals surface area contributed by atoms with Crippen LogP contribution in [0.3, 0.4) is 0 Å². The predicted molar refractivity (Wildman–Crippen MR) is 75.2 cm³/mol. The fourth-order valence-corrected chi connectivity index (χ4v) is 2.88. The highest BCUT2D eigenvalue weighted by atomic mass is 35.5. The van der Waals surface area contributed by atoms with E-state index in [0.29, 0.717) is 6.42 Å². The molecule has 0 aromatic carbocycles. The summed E-state index contributed by atoms with van der Waals surface area (Å²) in [6.45, 7) is 7.66. The van der Waals surface area contributed by atoms with Gasteiger partial charge < -0.3 is 10.1 Å². The Balaban J connectivity index is 2.16. The number of pyridine rings is 1. The monoisotopic (exact) mass is 300 g/mol. The minimum atomic E-state index is -0.569. The first kappa shape index (κ1) is 15.2. The molecule has 0 aliphatic carbocycles. The molecule has 0 saturated carbocycles. The number of hydrogen-bond donors (Lipinski definition) is 1. The Morgan fingerprint density at radius 1 is 1.50 bits per heavy atom. The molecule has 1 saturated heterocycles. The fourth-order valence-electron chi connectivity index (χ4n) is 2.68. The number of hydrogen-bond acceptors (Lipinski definition) is 3. The minimum absolute atomic E-state index is 0.0781. The van der Waals surface area contributed by atoms with Gasteiger partial charge >= 0.3 is 0 Å². The topological polar surface area (TPSA) is 51.2 Å². The first-order valence-electron chi connectivity index (χ1n) is 6.43. The maximum Gasteiger partial charge on any atom is 0.231 e. The summed E-state index contributed by atoms with van der Waals surface area (Å²) in [5.74, 6) is -0.917. The standard InChI is InChI=1S/C14H18ClFN2O2/c1-13(2)6-9(14(3,4)20-13)12(19)18-11-10(15)5-8(16)7-17-11/h5,7,9H,6H2,1-4H3,(H,17,18,19). The van der Waals surface area contributed by atoms with Crippen LogP contribution in [0.15, 0.2) is 12.3 Å². The molecule has 1 atom stereocenters. The molecule has 0 spiro atoms. The summed E-state index contributed by atoms with van der Waals surface area (Å²) >= 11 is 5.86. The third kappa shape index (κ3) is 3.10. The third-order valence-corrected chi connectivity index (χ3v) is 3.73. The van der Waals surface area contributed by atoms with Gasteiger partial charge in [-0.2, -0.15) is 0 Å². The SMILES string of the molecule is CC1(C)CC(C(=O)Nc2ncc(F)cc2Cl)C(C)(C)O1. The summed E-state index contributed by atoms with van der Waals surface area (Å²) in [7, 11) is 0. The van der Waals surface area contributed by atoms with Gasteiger partial charge in [0.05, 0.1) is 28.3 Å². The molecule has 1 aliphatic rings. The number of carbonyl (C=O) groups is 1. The van der Waals surface area contributed by atoms with E-state index in [1.165, 1.54) is 0 Å². The highest BCUT2D eigenvalue weighted by molar-refractivity contribution is 6.33. The predicted octanol–water partition coefficient (Wildman–Crippen LogP) is 3.41. The van der Waals surface area contributed by atoms with Crippen LogP contribution in [0.1, 0.15) is 34.1 Å². The van der Waals surface area contributed by atoms with Crippen molar-refractivity contribution in [2.24, 2.45) is 5.92 Å². The lowest BCUT2D eigenvalue weighted by Crippen LogP contribution is -2.37. The molecule has 1 aromatic heterocycles. The Labute approximate surface area is 122 Å². The van der Waals surface area contributed by atoms with E-state index in [1.807, 2.05) is 27.7 Å². The average Bonchev–Trinajstić information content (AvgIpc) is 2.50. The Morgan fingerprint density at radius 2 is 2.15 bits per heavy atom. The highest BCUT2D eigenvalue weighted by Crippen LogP contribution is 2.42. The quantitative estimate of drug-likeness (QED) is 0.910. The average molecular weight is 301 g/mol. The lowest BCUT2D eigenvalue weighted by molar-refractivity contribution is -0.126. The molecular weight excluding hydrogens is 283 g/mol. The largest absolute Gasteiger partial charge is 0.369 e. The number of nitrogens with one attached hydrogen (secondary N) is 1. The molecule has 110 valence electrons. The normalized spacial score (nSPS) is 23.6. The van der Waals surface area contributed by atoms with Crippen LogP contribution in [0.25, 0.3) is 0 Å². The number of aromatic nitrogens is 1. The van der Waals surface area contributed by atoms with E-state index in [-0.39, 0.29) is 28.3 Å². The van der Waals surface area contributed by atoms with Crippen LogP contribution >= 0.6 is 11.6 Å². The molecule has 4 nitrogen and oxygen atoms in total. The van der Waals surface area contributed by atoms with E-state index in [2.05, 4.69) is 10.3 Å². The Bertz CT molecular complexity index is 546. The molecule has 20 heavy (non-hydrogen) atoms. The zero-order chi connectivity index (χ0) is 15.1. The molecule has 0 bridgehead atoms. The maximum absolute atomic E-state index is 12.9. The van der Waals surface area contributed by atoms with Crippen LogP contribution in [0.5, 0.6) is 0 Å². The molecule has 1 aromatic rings. The van der Waals surface area contributed by atoms with Crippen LogP contribution in [0, 0.1) is 11.7 Å². The number of anilines is 1. The van der Waals surface area contributed by atoms with Gasteiger partial charge in [-0.15, -0.1) is 0 Å². The van der Waals surface area contributed by atoms with Gasteiger partial charge in [-0.1, -0.05) is 11.6 Å². The van der Waals surface area contributed by atoms with Gasteiger partial charge in [0, 0.05) is 0 Å². The van der Waals surface area contributed by atoms with Crippen molar-refractivity contribution >= 4 is 23.3 Å². The number of amides is 1. The van der Waals surface area contributed by atoms with Crippen LogP contribution in [-0.2, 0) is 9.53 Å². The van der Waals surface area contributed by atoms with E-state index in [1.54, 1.807) is 0 Å². The summed E-state index contributed by atoms with van der Waals surface area (Å²) in [5, 5.41) is 2.72. The Morgan fingerprint density at radius 3 is 2.65 bits per heavy atom. The summed E-state index contributed by atoms with van der Waals surface area (Å²) < 4.78 is 18.8. The number of rotatable bonds is 2. The van der Waals surface area contributed by atoms with Crippen molar-refractivity contribution in [3.63, 3.8) is 0 Å². The molecule has 1 N–H and O–H groups in total. The fraction of sp³-hybridized carbons (Fsp3) is 0.571. The van der Waals surface area contributed by atoms with Crippen molar-refractivity contribution in [3.8, 4) is 0 Å². The first-order chi connectivity index (χ1) is 9.11. The molecule has 6 heteroatoms. The van der Waals surface area contributed by atoms with E-state index in [4.69, 9.17) is 16.3 Å². The maximum atomic E-state index is 12.9. The van der Waals surface area contributed by atoms with Crippen LogP contribution in [0.4, 0.5) is 10.2 Å². The Hall–Kier alpha value is -1.20. The van der Waals surface area contributed by atoms with Crippen molar-refractivity contribution in [3.05, 3.63) is 23.1 Å². The molecule has 1 amide bonds. The molecule has 1 unspecified atom stereocenters. The van der Waals surface area contributed by atoms with Crippen molar-refractivity contribution in [1.29, 1.82) is 0 Å². The number of ether oxygens (including phenoxy) is 1. The van der Waals surface area contributed by atoms with Crippen molar-refractivity contribution in [2.75, 3.05) is 5.32 Å². The van der Waals surface area contributed by atoms with E-state index < -0.39 is 11.4 Å². The second-order valence-electron chi connectivity index (χ2n) is 6.20. The Kier molecular flexibility index (Phi) is 3.77. The highest BCUT2D eigenvalue weighted by Gasteiger charge is 2.49. The second kappa shape index (κ2) is 4.97. The van der Waals surface area contributed by atoms with Crippen molar-refractivity contribution < 1.29 is 13.9 Å². The number of carbonyl (C=O) groups excluding carboxylic acids is 1. The van der Waals surface area contributed by atoms with Crippen molar-refractivity contribution in [2.45, 2.75) is 45.3 Å². The van der Waals surface area contributed by atoms with E-state index in [0.717, 1.165) is 12.3 Å². The van der Waals surface area contributed by atoms with Gasteiger partial charge in [-0.3, -0.25) is 4.79 Å². The molecule has 1 aliphatic heterocycles.